The first-order valence-corrected chi connectivity index (χ1v) is 8.49. The van der Waals surface area contributed by atoms with Crippen LogP contribution in [0, 0.1) is 5.92 Å². The minimum Gasteiger partial charge on any atom is -0.328 e. The lowest BCUT2D eigenvalue weighted by atomic mass is 9.91. The molecule has 0 aromatic heterocycles. The molecule has 6 heteroatoms. The number of piperidine rings is 1. The topological polar surface area (TPSA) is 66.6 Å². The molecule has 1 aliphatic heterocycles. The fourth-order valence-corrected chi connectivity index (χ4v) is 3.43. The van der Waals surface area contributed by atoms with E-state index in [1.807, 2.05) is 14.1 Å². The number of nitrogens with two attached hydrogens (primary N) is 1. The highest BCUT2D eigenvalue weighted by Gasteiger charge is 2.26. The van der Waals surface area contributed by atoms with Crippen molar-refractivity contribution in [3.8, 4) is 0 Å². The van der Waals surface area contributed by atoms with Crippen LogP contribution in [0.2, 0.25) is 0 Å². The summed E-state index contributed by atoms with van der Waals surface area (Å²) in [7, 11) is 1.04. The second-order valence-electron chi connectivity index (χ2n) is 5.72. The highest BCUT2D eigenvalue weighted by Crippen LogP contribution is 2.22. The molecular formula is C12H27N3O2S. The maximum Gasteiger partial charge on any atom is 0.211 e. The van der Waals surface area contributed by atoms with E-state index in [-0.39, 0.29) is 6.04 Å². The van der Waals surface area contributed by atoms with Crippen LogP contribution in [0.4, 0.5) is 0 Å². The van der Waals surface area contributed by atoms with E-state index < -0.39 is 10.0 Å². The molecule has 1 heterocycles. The molecule has 2 atom stereocenters. The van der Waals surface area contributed by atoms with Crippen LogP contribution in [0.5, 0.6) is 0 Å². The van der Waals surface area contributed by atoms with E-state index in [0.29, 0.717) is 19.0 Å². The normalized spacial score (nSPS) is 24.4. The number of nitrogens with zero attached hydrogens (tertiary/aromatic N) is 2. The second kappa shape index (κ2) is 6.84. The zero-order valence-electron chi connectivity index (χ0n) is 11.8. The van der Waals surface area contributed by atoms with Gasteiger partial charge in [0.25, 0.3) is 0 Å². The van der Waals surface area contributed by atoms with E-state index >= 15 is 0 Å². The summed E-state index contributed by atoms with van der Waals surface area (Å²) in [6.45, 7) is 2.31. The van der Waals surface area contributed by atoms with Crippen LogP contribution in [0.25, 0.3) is 0 Å². The summed E-state index contributed by atoms with van der Waals surface area (Å²) in [6.07, 6.45) is 5.25. The van der Waals surface area contributed by atoms with Crippen molar-refractivity contribution in [2.24, 2.45) is 11.7 Å². The number of hydrogen-bond donors (Lipinski definition) is 1. The van der Waals surface area contributed by atoms with Crippen molar-refractivity contribution in [2.75, 3.05) is 40.0 Å². The van der Waals surface area contributed by atoms with Crippen molar-refractivity contribution in [2.45, 2.75) is 31.7 Å². The summed E-state index contributed by atoms with van der Waals surface area (Å²) in [5.41, 5.74) is 6.11. The third kappa shape index (κ3) is 5.65. The SMILES string of the molecule is CN(C)CCC(N)CC1CCCN(S(C)(=O)=O)C1. The van der Waals surface area contributed by atoms with Crippen LogP contribution >= 0.6 is 0 Å². The minimum absolute atomic E-state index is 0.178. The maximum atomic E-state index is 11.5. The van der Waals surface area contributed by atoms with Crippen LogP contribution in [0.1, 0.15) is 25.7 Å². The molecule has 1 fully saturated rings. The van der Waals surface area contributed by atoms with Crippen molar-refractivity contribution >= 4 is 10.0 Å². The summed E-state index contributed by atoms with van der Waals surface area (Å²) < 4.78 is 24.6. The van der Waals surface area contributed by atoms with Gasteiger partial charge in [0, 0.05) is 19.1 Å². The number of hydrogen-bond acceptors (Lipinski definition) is 4. The standard InChI is InChI=1S/C12H27N3O2S/c1-14(2)8-6-12(13)9-11-5-4-7-15(10-11)18(3,16)17/h11-12H,4-10,13H2,1-3H3. The Balaban J connectivity index is 2.38. The molecule has 5 nitrogen and oxygen atoms in total. The van der Waals surface area contributed by atoms with Gasteiger partial charge in [-0.25, -0.2) is 12.7 Å². The van der Waals surface area contributed by atoms with Gasteiger partial charge in [-0.15, -0.1) is 0 Å². The van der Waals surface area contributed by atoms with E-state index in [2.05, 4.69) is 4.90 Å². The second-order valence-corrected chi connectivity index (χ2v) is 7.70. The quantitative estimate of drug-likeness (QED) is 0.759. The van der Waals surface area contributed by atoms with Crippen molar-refractivity contribution in [3.05, 3.63) is 0 Å². The Morgan fingerprint density at radius 2 is 2.11 bits per heavy atom. The lowest BCUT2D eigenvalue weighted by Crippen LogP contribution is -2.41. The monoisotopic (exact) mass is 277 g/mol. The Morgan fingerprint density at radius 3 is 2.67 bits per heavy atom. The van der Waals surface area contributed by atoms with Crippen molar-refractivity contribution < 1.29 is 8.42 Å². The van der Waals surface area contributed by atoms with Crippen molar-refractivity contribution in [1.82, 2.24) is 9.21 Å². The van der Waals surface area contributed by atoms with Crippen molar-refractivity contribution in [1.29, 1.82) is 0 Å². The lowest BCUT2D eigenvalue weighted by molar-refractivity contribution is 0.240. The molecule has 0 saturated carbocycles. The fourth-order valence-electron chi connectivity index (χ4n) is 2.49. The summed E-state index contributed by atoms with van der Waals surface area (Å²) in [6, 6.07) is 0.178. The summed E-state index contributed by atoms with van der Waals surface area (Å²) in [4.78, 5) is 2.13. The third-order valence-corrected chi connectivity index (χ3v) is 4.80. The van der Waals surface area contributed by atoms with E-state index in [0.717, 1.165) is 32.2 Å². The summed E-state index contributed by atoms with van der Waals surface area (Å²) in [5.74, 6) is 0.422. The highest BCUT2D eigenvalue weighted by atomic mass is 32.2. The van der Waals surface area contributed by atoms with E-state index in [9.17, 15) is 8.42 Å². The van der Waals surface area contributed by atoms with Gasteiger partial charge in [-0.3, -0.25) is 0 Å². The largest absolute Gasteiger partial charge is 0.328 e. The first-order valence-electron chi connectivity index (χ1n) is 6.64. The molecule has 0 aliphatic carbocycles. The van der Waals surface area contributed by atoms with Crippen LogP contribution in [-0.2, 0) is 10.0 Å². The molecular weight excluding hydrogens is 250 g/mol. The summed E-state index contributed by atoms with van der Waals surface area (Å²) >= 11 is 0. The number of rotatable bonds is 6. The molecule has 0 aromatic carbocycles. The van der Waals surface area contributed by atoms with Crippen molar-refractivity contribution in [3.63, 3.8) is 0 Å². The van der Waals surface area contributed by atoms with Gasteiger partial charge in [0.05, 0.1) is 6.26 Å². The van der Waals surface area contributed by atoms with E-state index in [1.165, 1.54) is 6.26 Å². The molecule has 18 heavy (non-hydrogen) atoms. The smallest absolute Gasteiger partial charge is 0.211 e. The van der Waals surface area contributed by atoms with Gasteiger partial charge in [-0.2, -0.15) is 0 Å². The third-order valence-electron chi connectivity index (χ3n) is 3.53. The predicted octanol–water partition coefficient (Wildman–Crippen LogP) is 0.327. The number of sulfonamides is 1. The van der Waals surface area contributed by atoms with Gasteiger partial charge in [0.2, 0.25) is 10.0 Å². The van der Waals surface area contributed by atoms with E-state index in [4.69, 9.17) is 5.73 Å². The molecule has 1 rings (SSSR count). The average molecular weight is 277 g/mol. The highest BCUT2D eigenvalue weighted by molar-refractivity contribution is 7.88. The Morgan fingerprint density at radius 1 is 1.44 bits per heavy atom. The Labute approximate surface area is 111 Å². The van der Waals surface area contributed by atoms with Crippen LogP contribution in [0.15, 0.2) is 0 Å². The molecule has 0 bridgehead atoms. The minimum atomic E-state index is -3.04. The van der Waals surface area contributed by atoms with Gasteiger partial charge in [-0.1, -0.05) is 0 Å². The van der Waals surface area contributed by atoms with E-state index in [1.54, 1.807) is 4.31 Å². The van der Waals surface area contributed by atoms with Gasteiger partial charge in [-0.05, 0) is 52.2 Å². The zero-order chi connectivity index (χ0) is 13.8. The van der Waals surface area contributed by atoms with Gasteiger partial charge in [0.1, 0.15) is 0 Å². The molecule has 2 unspecified atom stereocenters. The zero-order valence-corrected chi connectivity index (χ0v) is 12.6. The van der Waals surface area contributed by atoms with Crippen LogP contribution < -0.4 is 5.73 Å². The first kappa shape index (κ1) is 15.9. The van der Waals surface area contributed by atoms with Gasteiger partial charge >= 0.3 is 0 Å². The molecule has 1 aliphatic rings. The summed E-state index contributed by atoms with van der Waals surface area (Å²) in [5, 5.41) is 0. The van der Waals surface area contributed by atoms with Gasteiger partial charge < -0.3 is 10.6 Å². The molecule has 2 N–H and O–H groups in total. The fraction of sp³-hybridized carbons (Fsp3) is 1.00. The molecule has 0 amide bonds. The Bertz CT molecular complexity index is 343. The lowest BCUT2D eigenvalue weighted by Gasteiger charge is -2.32. The molecule has 0 aromatic rings. The molecule has 0 radical (unpaired) electrons. The first-order chi connectivity index (χ1) is 8.29. The molecule has 108 valence electrons. The van der Waals surface area contributed by atoms with Crippen LogP contribution in [-0.4, -0.2) is 63.7 Å². The molecule has 1 saturated heterocycles. The van der Waals surface area contributed by atoms with Gasteiger partial charge in [0.15, 0.2) is 0 Å². The Kier molecular flexibility index (Phi) is 6.04. The maximum absolute atomic E-state index is 11.5. The molecule has 0 spiro atoms. The predicted molar refractivity (Wildman–Crippen MR) is 74.9 cm³/mol. The van der Waals surface area contributed by atoms with Crippen LogP contribution in [0.3, 0.4) is 0 Å². The Hall–Kier alpha value is -0.170. The average Bonchev–Trinajstić information content (AvgIpc) is 2.25.